The molecule has 0 radical (unpaired) electrons. The number of ether oxygens (including phenoxy) is 2. The molecular formula is C27H28N4O4S. The molecule has 2 aromatic carbocycles. The van der Waals surface area contributed by atoms with E-state index in [0.717, 1.165) is 49.8 Å². The lowest BCUT2D eigenvalue weighted by atomic mass is 10.0. The summed E-state index contributed by atoms with van der Waals surface area (Å²) in [5, 5.41) is 18.9. The Balaban J connectivity index is 1.63. The van der Waals surface area contributed by atoms with Crippen LogP contribution in [0.15, 0.2) is 41.8 Å². The molecule has 0 saturated carbocycles. The average Bonchev–Trinajstić information content (AvgIpc) is 3.45. The highest BCUT2D eigenvalue weighted by Crippen LogP contribution is 2.42. The van der Waals surface area contributed by atoms with Crippen LogP contribution in [0.4, 0.5) is 11.4 Å². The molecule has 36 heavy (non-hydrogen) atoms. The van der Waals surface area contributed by atoms with Crippen LogP contribution >= 0.6 is 11.3 Å². The standard InChI is InChI=1S/C27H28N4O4S/c1-4-34-25-12-21-23(13-26(25)35-5-2)30-22-10-17(14-31(32)33)9-20(22)27(21)29-19-8-6-7-18(11-19)24-15-36-16(3)28-24/h6-8,11-13,15,17H,4-5,9-10,14H2,1-3H3,(H,29,30)/t17-/m1/s1. The van der Waals surface area contributed by atoms with Gasteiger partial charge in [0, 0.05) is 44.6 Å². The molecule has 2 aromatic heterocycles. The van der Waals surface area contributed by atoms with Crippen LogP contribution < -0.4 is 14.8 Å². The number of hydrogen-bond donors (Lipinski definition) is 1. The van der Waals surface area contributed by atoms with E-state index in [1.807, 2.05) is 51.1 Å². The fourth-order valence-corrected chi connectivity index (χ4v) is 5.42. The maximum absolute atomic E-state index is 11.3. The number of pyridine rings is 1. The van der Waals surface area contributed by atoms with Gasteiger partial charge in [-0.3, -0.25) is 15.1 Å². The minimum absolute atomic E-state index is 0.0702. The Morgan fingerprint density at radius 3 is 2.58 bits per heavy atom. The Bertz CT molecular complexity index is 1440. The Kier molecular flexibility index (Phi) is 6.73. The SMILES string of the molecule is CCOc1cc2nc3c(c(Nc4cccc(-c5csc(C)n5)c4)c2cc1OCC)C[C@@H](C[N+](=O)[O-])C3. The smallest absolute Gasteiger partial charge is 0.207 e. The van der Waals surface area contributed by atoms with Gasteiger partial charge in [-0.2, -0.15) is 0 Å². The minimum Gasteiger partial charge on any atom is -0.490 e. The van der Waals surface area contributed by atoms with Crippen molar-refractivity contribution >= 4 is 33.6 Å². The van der Waals surface area contributed by atoms with Crippen LogP contribution in [0.3, 0.4) is 0 Å². The summed E-state index contributed by atoms with van der Waals surface area (Å²) in [6.45, 7) is 6.81. The number of fused-ring (bicyclic) bond motifs is 2. The predicted octanol–water partition coefficient (Wildman–Crippen LogP) is 6.20. The molecule has 0 saturated heterocycles. The van der Waals surface area contributed by atoms with Gasteiger partial charge >= 0.3 is 0 Å². The van der Waals surface area contributed by atoms with Gasteiger partial charge < -0.3 is 14.8 Å². The fourth-order valence-electron chi connectivity index (χ4n) is 4.80. The summed E-state index contributed by atoms with van der Waals surface area (Å²) >= 11 is 1.62. The molecule has 1 aliphatic carbocycles. The molecular weight excluding hydrogens is 476 g/mol. The van der Waals surface area contributed by atoms with Crippen molar-refractivity contribution in [3.8, 4) is 22.8 Å². The van der Waals surface area contributed by atoms with Crippen molar-refractivity contribution < 1.29 is 14.4 Å². The molecule has 0 amide bonds. The number of thiazole rings is 1. The van der Waals surface area contributed by atoms with Crippen LogP contribution in [0.2, 0.25) is 0 Å². The molecule has 4 aromatic rings. The quantitative estimate of drug-likeness (QED) is 0.214. The van der Waals surface area contributed by atoms with E-state index < -0.39 is 0 Å². The van der Waals surface area contributed by atoms with Gasteiger partial charge in [0.05, 0.1) is 35.1 Å². The first kappa shape index (κ1) is 24.0. The van der Waals surface area contributed by atoms with Gasteiger partial charge in [0.2, 0.25) is 6.54 Å². The van der Waals surface area contributed by atoms with Gasteiger partial charge in [-0.1, -0.05) is 12.1 Å². The van der Waals surface area contributed by atoms with Crippen molar-refractivity contribution in [2.24, 2.45) is 5.92 Å². The molecule has 1 aliphatic rings. The largest absolute Gasteiger partial charge is 0.490 e. The molecule has 0 bridgehead atoms. The van der Waals surface area contributed by atoms with Crippen LogP contribution in [-0.2, 0) is 12.8 Å². The maximum atomic E-state index is 11.3. The van der Waals surface area contributed by atoms with Gasteiger partial charge in [0.15, 0.2) is 11.5 Å². The number of nitrogens with zero attached hydrogens (tertiary/aromatic N) is 3. The normalized spacial score (nSPS) is 14.6. The third-order valence-electron chi connectivity index (χ3n) is 6.27. The zero-order valence-electron chi connectivity index (χ0n) is 20.5. The summed E-state index contributed by atoms with van der Waals surface area (Å²) in [5.74, 6) is 1.22. The molecule has 0 fully saturated rings. The number of nitrogens with one attached hydrogen (secondary N) is 1. The van der Waals surface area contributed by atoms with Gasteiger partial charge in [0.25, 0.3) is 0 Å². The second-order valence-electron chi connectivity index (χ2n) is 8.84. The molecule has 0 aliphatic heterocycles. The highest BCUT2D eigenvalue weighted by molar-refractivity contribution is 7.09. The lowest BCUT2D eigenvalue weighted by molar-refractivity contribution is -0.487. The van der Waals surface area contributed by atoms with Gasteiger partial charge in [-0.05, 0) is 57.4 Å². The number of aromatic nitrogens is 2. The van der Waals surface area contributed by atoms with Crippen molar-refractivity contribution in [2.75, 3.05) is 25.1 Å². The highest BCUT2D eigenvalue weighted by atomic mass is 32.1. The van der Waals surface area contributed by atoms with Crippen LogP contribution in [0.1, 0.15) is 30.1 Å². The van der Waals surface area contributed by atoms with Gasteiger partial charge in [0.1, 0.15) is 0 Å². The van der Waals surface area contributed by atoms with Crippen LogP contribution in [0.5, 0.6) is 11.5 Å². The summed E-state index contributed by atoms with van der Waals surface area (Å²) in [5.41, 5.74) is 6.49. The molecule has 0 spiro atoms. The second kappa shape index (κ2) is 10.1. The summed E-state index contributed by atoms with van der Waals surface area (Å²) in [7, 11) is 0. The Morgan fingerprint density at radius 1 is 1.11 bits per heavy atom. The van der Waals surface area contributed by atoms with Crippen LogP contribution in [0, 0.1) is 23.0 Å². The summed E-state index contributed by atoms with van der Waals surface area (Å²) in [6.07, 6.45) is 1.18. The molecule has 1 atom stereocenters. The lowest BCUT2D eigenvalue weighted by Gasteiger charge is -2.18. The number of benzene rings is 2. The zero-order valence-corrected chi connectivity index (χ0v) is 21.4. The van der Waals surface area contributed by atoms with E-state index in [1.165, 1.54) is 0 Å². The van der Waals surface area contributed by atoms with E-state index >= 15 is 0 Å². The van der Waals surface area contributed by atoms with Crippen molar-refractivity contribution in [2.45, 2.75) is 33.6 Å². The Hall–Kier alpha value is -3.72. The van der Waals surface area contributed by atoms with Crippen LogP contribution in [-0.4, -0.2) is 34.6 Å². The van der Waals surface area contributed by atoms with E-state index in [2.05, 4.69) is 21.7 Å². The molecule has 5 rings (SSSR count). The molecule has 0 unspecified atom stereocenters. The number of hydrogen-bond acceptors (Lipinski definition) is 8. The van der Waals surface area contributed by atoms with Crippen molar-refractivity contribution in [1.82, 2.24) is 9.97 Å². The molecule has 2 heterocycles. The molecule has 1 N–H and O–H groups in total. The predicted molar refractivity (Wildman–Crippen MR) is 142 cm³/mol. The number of rotatable bonds is 9. The fraction of sp³-hybridized carbons (Fsp3) is 0.333. The summed E-state index contributed by atoms with van der Waals surface area (Å²) < 4.78 is 11.7. The van der Waals surface area contributed by atoms with Gasteiger partial charge in [-0.25, -0.2) is 4.98 Å². The molecule has 9 heteroatoms. The van der Waals surface area contributed by atoms with E-state index in [-0.39, 0.29) is 17.4 Å². The van der Waals surface area contributed by atoms with Crippen molar-refractivity contribution in [3.63, 3.8) is 0 Å². The monoisotopic (exact) mass is 504 g/mol. The first-order chi connectivity index (χ1) is 17.4. The lowest BCUT2D eigenvalue weighted by Crippen LogP contribution is -2.14. The third-order valence-corrected chi connectivity index (χ3v) is 7.04. The Morgan fingerprint density at radius 2 is 1.89 bits per heavy atom. The van der Waals surface area contributed by atoms with E-state index in [1.54, 1.807) is 11.3 Å². The first-order valence-corrected chi connectivity index (χ1v) is 13.0. The van der Waals surface area contributed by atoms with Crippen molar-refractivity contribution in [3.05, 3.63) is 68.2 Å². The molecule has 186 valence electrons. The summed E-state index contributed by atoms with van der Waals surface area (Å²) in [6, 6.07) is 12.0. The molecule has 8 nitrogen and oxygen atoms in total. The number of anilines is 2. The number of nitro groups is 1. The highest BCUT2D eigenvalue weighted by Gasteiger charge is 2.30. The topological polar surface area (TPSA) is 99.4 Å². The zero-order chi connectivity index (χ0) is 25.2. The minimum atomic E-state index is -0.233. The number of aryl methyl sites for hydroxylation is 1. The van der Waals surface area contributed by atoms with Gasteiger partial charge in [-0.15, -0.1) is 11.3 Å². The van der Waals surface area contributed by atoms with Crippen LogP contribution in [0.25, 0.3) is 22.2 Å². The summed E-state index contributed by atoms with van der Waals surface area (Å²) in [4.78, 5) is 20.6. The second-order valence-corrected chi connectivity index (χ2v) is 9.90. The van der Waals surface area contributed by atoms with E-state index in [9.17, 15) is 10.1 Å². The maximum Gasteiger partial charge on any atom is 0.207 e. The first-order valence-electron chi connectivity index (χ1n) is 12.1. The third kappa shape index (κ3) is 4.83. The Labute approximate surface area is 213 Å². The van der Waals surface area contributed by atoms with Crippen molar-refractivity contribution in [1.29, 1.82) is 0 Å². The van der Waals surface area contributed by atoms with E-state index in [0.29, 0.717) is 37.6 Å². The van der Waals surface area contributed by atoms with E-state index in [4.69, 9.17) is 14.5 Å². The average molecular weight is 505 g/mol.